The Bertz CT molecular complexity index is 650. The molecule has 0 aliphatic rings. The number of rotatable bonds is 7. The van der Waals surface area contributed by atoms with E-state index in [1.54, 1.807) is 0 Å². The van der Waals surface area contributed by atoms with Crippen LogP contribution in [0.4, 0.5) is 5.69 Å². The molecule has 0 atom stereocenters. The van der Waals surface area contributed by atoms with Crippen molar-refractivity contribution in [2.45, 2.75) is 32.9 Å². The third-order valence-electron chi connectivity index (χ3n) is 4.05. The van der Waals surface area contributed by atoms with Crippen LogP contribution < -0.4 is 16.0 Å². The van der Waals surface area contributed by atoms with Gasteiger partial charge in [0.25, 0.3) is 5.91 Å². The van der Waals surface area contributed by atoms with E-state index >= 15 is 0 Å². The average Bonchev–Trinajstić information content (AvgIpc) is 2.60. The van der Waals surface area contributed by atoms with Crippen molar-refractivity contribution < 1.29 is 4.79 Å². The summed E-state index contributed by atoms with van der Waals surface area (Å²) in [7, 11) is 0. The van der Waals surface area contributed by atoms with Gasteiger partial charge in [-0.2, -0.15) is 0 Å². The number of carbonyl (C=O) groups is 1. The lowest BCUT2D eigenvalue weighted by atomic mass is 10.0. The molecule has 2 rings (SSSR count). The summed E-state index contributed by atoms with van der Waals surface area (Å²) in [6.45, 7) is 8.12. The normalized spacial score (nSPS) is 11.2. The maximum atomic E-state index is 12.3. The van der Waals surface area contributed by atoms with Gasteiger partial charge in [0.15, 0.2) is 0 Å². The lowest BCUT2D eigenvalue weighted by Gasteiger charge is -2.25. The molecule has 4 heteroatoms. The molecule has 0 aromatic heterocycles. The molecule has 0 heterocycles. The molecule has 0 aliphatic carbocycles. The Morgan fingerprint density at radius 2 is 1.71 bits per heavy atom. The van der Waals surface area contributed by atoms with Crippen LogP contribution in [0, 0.1) is 0 Å². The Kier molecular flexibility index (Phi) is 5.99. The predicted octanol–water partition coefficient (Wildman–Crippen LogP) is 3.18. The van der Waals surface area contributed by atoms with Crippen LogP contribution in [0.5, 0.6) is 0 Å². The minimum absolute atomic E-state index is 0.0943. The lowest BCUT2D eigenvalue weighted by molar-refractivity contribution is 0.0915. The fraction of sp³-hybridized carbons (Fsp3) is 0.350. The van der Waals surface area contributed by atoms with Gasteiger partial charge < -0.3 is 16.0 Å². The second-order valence-corrected chi connectivity index (χ2v) is 6.59. The van der Waals surface area contributed by atoms with E-state index in [-0.39, 0.29) is 5.91 Å². The fourth-order valence-corrected chi connectivity index (χ4v) is 2.44. The van der Waals surface area contributed by atoms with E-state index in [2.05, 4.69) is 41.4 Å². The highest BCUT2D eigenvalue weighted by molar-refractivity contribution is 5.95. The molecule has 4 nitrogen and oxygen atoms in total. The molecule has 3 N–H and O–H groups in total. The first-order valence-corrected chi connectivity index (χ1v) is 8.36. The zero-order valence-corrected chi connectivity index (χ0v) is 14.8. The summed E-state index contributed by atoms with van der Waals surface area (Å²) in [4.78, 5) is 14.6. The molecule has 0 bridgehead atoms. The van der Waals surface area contributed by atoms with Crippen molar-refractivity contribution in [1.82, 2.24) is 5.32 Å². The molecular weight excluding hydrogens is 298 g/mol. The van der Waals surface area contributed by atoms with Crippen LogP contribution in [0.3, 0.4) is 0 Å². The number of carbonyl (C=O) groups excluding carboxylic acids is 1. The van der Waals surface area contributed by atoms with Crippen molar-refractivity contribution >= 4 is 11.6 Å². The first-order valence-electron chi connectivity index (χ1n) is 8.36. The summed E-state index contributed by atoms with van der Waals surface area (Å²) in [6, 6.07) is 18.1. The quantitative estimate of drug-likeness (QED) is 0.822. The van der Waals surface area contributed by atoms with Crippen molar-refractivity contribution in [2.75, 3.05) is 18.0 Å². The smallest absolute Gasteiger partial charge is 0.251 e. The van der Waals surface area contributed by atoms with E-state index in [0.717, 1.165) is 18.8 Å². The Hall–Kier alpha value is -2.33. The number of nitrogens with one attached hydrogen (secondary N) is 1. The van der Waals surface area contributed by atoms with Gasteiger partial charge in [0, 0.05) is 36.4 Å². The molecule has 2 aromatic rings. The molecule has 0 saturated heterocycles. The summed E-state index contributed by atoms with van der Waals surface area (Å²) in [5, 5.41) is 2.95. The van der Waals surface area contributed by atoms with Crippen LogP contribution in [0.2, 0.25) is 0 Å². The summed E-state index contributed by atoms with van der Waals surface area (Å²) in [6.07, 6.45) is 0. The summed E-state index contributed by atoms with van der Waals surface area (Å²) in [5.74, 6) is -0.0943. The molecule has 1 amide bonds. The number of amides is 1. The van der Waals surface area contributed by atoms with Crippen molar-refractivity contribution in [3.63, 3.8) is 0 Å². The van der Waals surface area contributed by atoms with Crippen LogP contribution in [0.15, 0.2) is 54.6 Å². The second kappa shape index (κ2) is 7.97. The first kappa shape index (κ1) is 18.0. The van der Waals surface area contributed by atoms with Crippen LogP contribution >= 0.6 is 0 Å². The van der Waals surface area contributed by atoms with Crippen molar-refractivity contribution in [2.24, 2.45) is 5.73 Å². The van der Waals surface area contributed by atoms with Gasteiger partial charge in [-0.05, 0) is 50.6 Å². The van der Waals surface area contributed by atoms with Crippen LogP contribution in [0.25, 0.3) is 0 Å². The zero-order valence-electron chi connectivity index (χ0n) is 14.8. The molecule has 2 aromatic carbocycles. The molecule has 0 unspecified atom stereocenters. The second-order valence-electron chi connectivity index (χ2n) is 6.59. The third kappa shape index (κ3) is 4.83. The van der Waals surface area contributed by atoms with Crippen LogP contribution in [-0.4, -0.2) is 24.5 Å². The minimum Gasteiger partial charge on any atom is -0.367 e. The maximum Gasteiger partial charge on any atom is 0.251 e. The van der Waals surface area contributed by atoms with Gasteiger partial charge >= 0.3 is 0 Å². The summed E-state index contributed by atoms with van der Waals surface area (Å²) in [5.41, 5.74) is 8.29. The number of nitrogens with zero attached hydrogens (tertiary/aromatic N) is 1. The summed E-state index contributed by atoms with van der Waals surface area (Å²) >= 11 is 0. The van der Waals surface area contributed by atoms with Crippen molar-refractivity contribution in [1.29, 1.82) is 0 Å². The SMILES string of the molecule is CCN(Cc1ccccc1)c1ccc(C(=O)NC(C)(C)CN)cc1. The Morgan fingerprint density at radius 3 is 2.25 bits per heavy atom. The molecule has 0 aliphatic heterocycles. The fourth-order valence-electron chi connectivity index (χ4n) is 2.44. The zero-order chi connectivity index (χ0) is 17.6. The molecule has 128 valence electrons. The van der Waals surface area contributed by atoms with Gasteiger partial charge in [0.1, 0.15) is 0 Å². The van der Waals surface area contributed by atoms with Gasteiger partial charge in [0.05, 0.1) is 0 Å². The maximum absolute atomic E-state index is 12.3. The van der Waals surface area contributed by atoms with E-state index in [1.807, 2.05) is 44.2 Å². The number of hydrogen-bond donors (Lipinski definition) is 2. The van der Waals surface area contributed by atoms with E-state index < -0.39 is 5.54 Å². The topological polar surface area (TPSA) is 58.4 Å². The number of hydrogen-bond acceptors (Lipinski definition) is 3. The third-order valence-corrected chi connectivity index (χ3v) is 4.05. The molecule has 0 radical (unpaired) electrons. The van der Waals surface area contributed by atoms with Gasteiger partial charge in [-0.15, -0.1) is 0 Å². The van der Waals surface area contributed by atoms with E-state index in [0.29, 0.717) is 12.1 Å². The average molecular weight is 325 g/mol. The summed E-state index contributed by atoms with van der Waals surface area (Å²) < 4.78 is 0. The molecular formula is C20H27N3O. The monoisotopic (exact) mass is 325 g/mol. The molecule has 0 saturated carbocycles. The van der Waals surface area contributed by atoms with E-state index in [9.17, 15) is 4.79 Å². The highest BCUT2D eigenvalue weighted by Crippen LogP contribution is 2.18. The minimum atomic E-state index is -0.404. The Morgan fingerprint density at radius 1 is 1.08 bits per heavy atom. The lowest BCUT2D eigenvalue weighted by Crippen LogP contribution is -2.48. The standard InChI is InChI=1S/C20H27N3O/c1-4-23(14-16-8-6-5-7-9-16)18-12-10-17(11-13-18)19(24)22-20(2,3)15-21/h5-13H,4,14-15,21H2,1-3H3,(H,22,24). The Labute approximate surface area is 144 Å². The molecule has 0 spiro atoms. The van der Waals surface area contributed by atoms with Crippen molar-refractivity contribution in [3.8, 4) is 0 Å². The Balaban J connectivity index is 2.08. The van der Waals surface area contributed by atoms with Crippen LogP contribution in [-0.2, 0) is 6.54 Å². The number of anilines is 1. The van der Waals surface area contributed by atoms with Gasteiger partial charge in [0.2, 0.25) is 0 Å². The van der Waals surface area contributed by atoms with Gasteiger partial charge in [-0.25, -0.2) is 0 Å². The van der Waals surface area contributed by atoms with Crippen molar-refractivity contribution in [3.05, 3.63) is 65.7 Å². The van der Waals surface area contributed by atoms with Gasteiger partial charge in [-0.1, -0.05) is 30.3 Å². The molecule has 24 heavy (non-hydrogen) atoms. The molecule has 0 fully saturated rings. The number of benzene rings is 2. The first-order chi connectivity index (χ1) is 11.4. The number of nitrogens with two attached hydrogens (primary N) is 1. The van der Waals surface area contributed by atoms with Gasteiger partial charge in [-0.3, -0.25) is 4.79 Å². The largest absolute Gasteiger partial charge is 0.367 e. The predicted molar refractivity (Wildman–Crippen MR) is 100 cm³/mol. The highest BCUT2D eigenvalue weighted by atomic mass is 16.1. The van der Waals surface area contributed by atoms with E-state index in [1.165, 1.54) is 5.56 Å². The highest BCUT2D eigenvalue weighted by Gasteiger charge is 2.19. The van der Waals surface area contributed by atoms with E-state index in [4.69, 9.17) is 5.73 Å². The van der Waals surface area contributed by atoms with Crippen LogP contribution in [0.1, 0.15) is 36.7 Å².